The number of likely N-dealkylation sites (N-methyl/N-ethyl adjacent to an activating group) is 1. The Hall–Kier alpha value is -0.0800. The lowest BCUT2D eigenvalue weighted by atomic mass is 9.75. The van der Waals surface area contributed by atoms with E-state index in [1.165, 1.54) is 19.3 Å². The molecule has 0 saturated heterocycles. The Labute approximate surface area is 120 Å². The van der Waals surface area contributed by atoms with Crippen molar-refractivity contribution >= 4 is 0 Å². The summed E-state index contributed by atoms with van der Waals surface area (Å²) in [6.07, 6.45) is 4.45. The molecule has 1 aliphatic carbocycles. The number of nitrogens with one attached hydrogen (secondary N) is 1. The Morgan fingerprint density at radius 2 is 1.84 bits per heavy atom. The molecule has 0 bridgehead atoms. The van der Waals surface area contributed by atoms with Gasteiger partial charge in [-0.1, -0.05) is 48.0 Å². The highest BCUT2D eigenvalue weighted by atomic mass is 16.5. The molecule has 2 heteroatoms. The van der Waals surface area contributed by atoms with Crippen molar-refractivity contribution in [3.05, 3.63) is 0 Å². The van der Waals surface area contributed by atoms with E-state index in [0.717, 1.165) is 30.9 Å². The molecule has 19 heavy (non-hydrogen) atoms. The highest BCUT2D eigenvalue weighted by molar-refractivity contribution is 4.82. The van der Waals surface area contributed by atoms with E-state index in [4.69, 9.17) is 4.74 Å². The van der Waals surface area contributed by atoms with Crippen molar-refractivity contribution in [2.75, 3.05) is 13.2 Å². The highest BCUT2D eigenvalue weighted by Gasteiger charge is 2.31. The normalized spacial score (nSPS) is 30.0. The van der Waals surface area contributed by atoms with Crippen molar-refractivity contribution in [2.24, 2.45) is 23.7 Å². The summed E-state index contributed by atoms with van der Waals surface area (Å²) in [4.78, 5) is 0. The quantitative estimate of drug-likeness (QED) is 0.751. The second kappa shape index (κ2) is 8.26. The van der Waals surface area contributed by atoms with Crippen LogP contribution in [0.15, 0.2) is 0 Å². The largest absolute Gasteiger partial charge is 0.376 e. The van der Waals surface area contributed by atoms with Crippen LogP contribution >= 0.6 is 0 Å². The predicted molar refractivity (Wildman–Crippen MR) is 83.4 cm³/mol. The molecule has 0 radical (unpaired) electrons. The molecule has 1 N–H and O–H groups in total. The molecule has 0 aromatic rings. The minimum Gasteiger partial charge on any atom is -0.376 e. The Morgan fingerprint density at radius 3 is 2.37 bits per heavy atom. The van der Waals surface area contributed by atoms with E-state index < -0.39 is 0 Å². The van der Waals surface area contributed by atoms with Gasteiger partial charge in [-0.05, 0) is 43.1 Å². The Bertz CT molecular complexity index is 239. The van der Waals surface area contributed by atoms with E-state index in [1.54, 1.807) is 0 Å². The minimum absolute atomic E-state index is 0.476. The van der Waals surface area contributed by atoms with Gasteiger partial charge in [0.25, 0.3) is 0 Å². The number of hydrogen-bond acceptors (Lipinski definition) is 2. The third kappa shape index (κ3) is 5.43. The molecular weight excluding hydrogens is 234 g/mol. The molecule has 1 fully saturated rings. The molecule has 2 nitrogen and oxygen atoms in total. The molecule has 0 aromatic heterocycles. The average molecular weight is 269 g/mol. The second-order valence-corrected chi connectivity index (χ2v) is 7.11. The van der Waals surface area contributed by atoms with Gasteiger partial charge in [-0.2, -0.15) is 0 Å². The van der Waals surface area contributed by atoms with E-state index in [2.05, 4.69) is 46.9 Å². The van der Waals surface area contributed by atoms with Gasteiger partial charge >= 0.3 is 0 Å². The lowest BCUT2D eigenvalue weighted by molar-refractivity contribution is -0.0494. The maximum Gasteiger partial charge on any atom is 0.0626 e. The summed E-state index contributed by atoms with van der Waals surface area (Å²) in [5, 5.41) is 3.55. The van der Waals surface area contributed by atoms with E-state index in [1.807, 2.05) is 0 Å². The van der Waals surface area contributed by atoms with Gasteiger partial charge in [-0.3, -0.25) is 0 Å². The molecular formula is C17H35NO. The predicted octanol–water partition coefficient (Wildman–Crippen LogP) is 4.10. The highest BCUT2D eigenvalue weighted by Crippen LogP contribution is 2.35. The zero-order valence-electron chi connectivity index (χ0n) is 13.9. The van der Waals surface area contributed by atoms with Crippen LogP contribution in [0.1, 0.15) is 60.8 Å². The molecule has 1 rings (SSSR count). The molecule has 4 unspecified atom stereocenters. The van der Waals surface area contributed by atoms with Crippen LogP contribution in [0.2, 0.25) is 0 Å². The topological polar surface area (TPSA) is 21.3 Å². The minimum atomic E-state index is 0.476. The first-order valence-corrected chi connectivity index (χ1v) is 8.30. The Balaban J connectivity index is 2.51. The molecule has 0 heterocycles. The maximum atomic E-state index is 6.34. The van der Waals surface area contributed by atoms with Crippen molar-refractivity contribution in [1.82, 2.24) is 5.32 Å². The summed E-state index contributed by atoms with van der Waals surface area (Å²) >= 11 is 0. The van der Waals surface area contributed by atoms with E-state index in [-0.39, 0.29) is 0 Å². The van der Waals surface area contributed by atoms with Crippen molar-refractivity contribution in [1.29, 1.82) is 0 Å². The fourth-order valence-electron chi connectivity index (χ4n) is 3.28. The third-order valence-corrected chi connectivity index (χ3v) is 4.72. The van der Waals surface area contributed by atoms with Gasteiger partial charge < -0.3 is 10.1 Å². The van der Waals surface area contributed by atoms with Gasteiger partial charge in [-0.15, -0.1) is 0 Å². The first-order chi connectivity index (χ1) is 8.95. The molecule has 1 saturated carbocycles. The molecule has 0 aromatic carbocycles. The lowest BCUT2D eigenvalue weighted by Crippen LogP contribution is -2.42. The molecule has 114 valence electrons. The second-order valence-electron chi connectivity index (χ2n) is 7.11. The van der Waals surface area contributed by atoms with Crippen molar-refractivity contribution < 1.29 is 4.74 Å². The average Bonchev–Trinajstić information content (AvgIpc) is 2.33. The fraction of sp³-hybridized carbons (Fsp3) is 1.00. The third-order valence-electron chi connectivity index (χ3n) is 4.72. The summed E-state index contributed by atoms with van der Waals surface area (Å²) in [6.45, 7) is 15.7. The van der Waals surface area contributed by atoms with Crippen LogP contribution in [-0.4, -0.2) is 25.3 Å². The van der Waals surface area contributed by atoms with Gasteiger partial charge in [0.15, 0.2) is 0 Å². The summed E-state index contributed by atoms with van der Waals surface area (Å²) in [5.74, 6) is 2.97. The zero-order chi connectivity index (χ0) is 14.4. The van der Waals surface area contributed by atoms with Gasteiger partial charge in [0, 0.05) is 6.04 Å². The van der Waals surface area contributed by atoms with Crippen LogP contribution in [0.5, 0.6) is 0 Å². The summed E-state index contributed by atoms with van der Waals surface area (Å²) < 4.78 is 6.34. The van der Waals surface area contributed by atoms with E-state index in [9.17, 15) is 0 Å². The fourth-order valence-corrected chi connectivity index (χ4v) is 3.28. The SMILES string of the molecule is CCNC(COC1CC(C)CCC1C(C)C)C(C)C. The zero-order valence-corrected chi connectivity index (χ0v) is 13.9. The smallest absolute Gasteiger partial charge is 0.0626 e. The van der Waals surface area contributed by atoms with Crippen LogP contribution in [0.25, 0.3) is 0 Å². The van der Waals surface area contributed by atoms with Crippen LogP contribution < -0.4 is 5.32 Å². The molecule has 1 aliphatic rings. The molecule has 0 amide bonds. The summed E-state index contributed by atoms with van der Waals surface area (Å²) in [7, 11) is 0. The summed E-state index contributed by atoms with van der Waals surface area (Å²) in [6, 6.07) is 0.495. The number of hydrogen-bond donors (Lipinski definition) is 1. The van der Waals surface area contributed by atoms with Gasteiger partial charge in [0.2, 0.25) is 0 Å². The first-order valence-electron chi connectivity index (χ1n) is 8.30. The Kier molecular flexibility index (Phi) is 7.38. The maximum absolute atomic E-state index is 6.34. The van der Waals surface area contributed by atoms with E-state index in [0.29, 0.717) is 18.1 Å². The van der Waals surface area contributed by atoms with Crippen molar-refractivity contribution in [3.8, 4) is 0 Å². The van der Waals surface area contributed by atoms with Gasteiger partial charge in [-0.25, -0.2) is 0 Å². The van der Waals surface area contributed by atoms with Gasteiger partial charge in [0.05, 0.1) is 12.7 Å². The van der Waals surface area contributed by atoms with Crippen LogP contribution in [-0.2, 0) is 4.74 Å². The monoisotopic (exact) mass is 269 g/mol. The molecule has 0 aliphatic heterocycles. The number of ether oxygens (including phenoxy) is 1. The molecule has 0 spiro atoms. The van der Waals surface area contributed by atoms with Crippen molar-refractivity contribution in [3.63, 3.8) is 0 Å². The van der Waals surface area contributed by atoms with Crippen molar-refractivity contribution in [2.45, 2.75) is 73.0 Å². The van der Waals surface area contributed by atoms with Gasteiger partial charge in [0.1, 0.15) is 0 Å². The number of rotatable bonds is 7. The lowest BCUT2D eigenvalue weighted by Gasteiger charge is -2.38. The van der Waals surface area contributed by atoms with Crippen LogP contribution in [0.3, 0.4) is 0 Å². The molecule has 4 atom stereocenters. The van der Waals surface area contributed by atoms with Crippen LogP contribution in [0.4, 0.5) is 0 Å². The van der Waals surface area contributed by atoms with E-state index >= 15 is 0 Å². The standard InChI is InChI=1S/C17H35NO/c1-7-18-16(13(4)5)11-19-17-10-14(6)8-9-15(17)12(2)3/h12-18H,7-11H2,1-6H3. The first kappa shape index (κ1) is 17.0. The summed E-state index contributed by atoms with van der Waals surface area (Å²) in [5.41, 5.74) is 0. The van der Waals surface area contributed by atoms with Crippen LogP contribution in [0, 0.1) is 23.7 Å². The Morgan fingerprint density at radius 1 is 1.16 bits per heavy atom.